The van der Waals surface area contributed by atoms with Gasteiger partial charge in [-0.05, 0) is 29.3 Å². The Balaban J connectivity index is 1.80. The van der Waals surface area contributed by atoms with Gasteiger partial charge in [-0.3, -0.25) is 9.69 Å². The lowest BCUT2D eigenvalue weighted by Gasteiger charge is -2.14. The Morgan fingerprint density at radius 1 is 1.09 bits per heavy atom. The molecule has 1 aliphatic heterocycles. The molecule has 0 N–H and O–H groups in total. The summed E-state index contributed by atoms with van der Waals surface area (Å²) in [6.07, 6.45) is 1.89. The third-order valence-corrected chi connectivity index (χ3v) is 5.13. The monoisotopic (exact) mass is 389 g/mol. The molecule has 22 heavy (non-hydrogen) atoms. The Bertz CT molecular complexity index is 741. The third-order valence-electron chi connectivity index (χ3n) is 3.22. The second kappa shape index (κ2) is 6.77. The van der Waals surface area contributed by atoms with Crippen LogP contribution in [0.25, 0.3) is 6.08 Å². The molecule has 3 rings (SSSR count). The van der Waals surface area contributed by atoms with Crippen molar-refractivity contribution in [3.05, 3.63) is 75.1 Å². The topological polar surface area (TPSA) is 20.3 Å². The molecule has 1 saturated heterocycles. The minimum absolute atomic E-state index is 0.0261. The van der Waals surface area contributed by atoms with Crippen molar-refractivity contribution in [1.82, 2.24) is 4.90 Å². The smallest absolute Gasteiger partial charge is 0.266 e. The van der Waals surface area contributed by atoms with Crippen molar-refractivity contribution in [3.8, 4) is 0 Å². The van der Waals surface area contributed by atoms with Gasteiger partial charge in [-0.25, -0.2) is 0 Å². The zero-order chi connectivity index (χ0) is 15.5. The highest BCUT2D eigenvalue weighted by molar-refractivity contribution is 9.10. The quantitative estimate of drug-likeness (QED) is 0.552. The Labute approximate surface area is 147 Å². The van der Waals surface area contributed by atoms with Crippen LogP contribution in [0, 0.1) is 0 Å². The molecule has 1 aliphatic rings. The average Bonchev–Trinajstić information content (AvgIpc) is 2.78. The standard InChI is InChI=1S/C17H12BrNOS2/c18-14-8-6-12(7-9-14)10-15-16(20)19(17(21)22-15)11-13-4-2-1-3-5-13/h1-10H,11H2. The molecule has 0 radical (unpaired) electrons. The second-order valence-corrected chi connectivity index (χ2v) is 7.40. The van der Waals surface area contributed by atoms with Crippen LogP contribution >= 0.6 is 39.9 Å². The number of carbonyl (C=O) groups excluding carboxylic acids is 1. The SMILES string of the molecule is O=C1C(=Cc2ccc(Br)cc2)SC(=S)N1Cc1ccccc1. The van der Waals surface area contributed by atoms with Gasteiger partial charge in [0.2, 0.25) is 0 Å². The maximum atomic E-state index is 12.5. The van der Waals surface area contributed by atoms with Crippen LogP contribution in [0.5, 0.6) is 0 Å². The van der Waals surface area contributed by atoms with Gasteiger partial charge in [0.25, 0.3) is 5.91 Å². The van der Waals surface area contributed by atoms with Gasteiger partial charge in [-0.1, -0.05) is 82.4 Å². The number of carbonyl (C=O) groups is 1. The van der Waals surface area contributed by atoms with E-state index in [1.807, 2.05) is 60.7 Å². The fraction of sp³-hybridized carbons (Fsp3) is 0.0588. The zero-order valence-electron chi connectivity index (χ0n) is 11.5. The van der Waals surface area contributed by atoms with Gasteiger partial charge >= 0.3 is 0 Å². The minimum Gasteiger partial charge on any atom is -0.288 e. The van der Waals surface area contributed by atoms with Crippen LogP contribution in [0.4, 0.5) is 0 Å². The van der Waals surface area contributed by atoms with Crippen LogP contribution in [0.15, 0.2) is 64.0 Å². The largest absolute Gasteiger partial charge is 0.288 e. The van der Waals surface area contributed by atoms with Crippen LogP contribution < -0.4 is 0 Å². The molecule has 1 amide bonds. The Hall–Kier alpha value is -1.43. The number of halogens is 1. The fourth-order valence-corrected chi connectivity index (χ4v) is 3.63. The first-order chi connectivity index (χ1) is 10.6. The molecular weight excluding hydrogens is 378 g/mol. The Morgan fingerprint density at radius 3 is 2.45 bits per heavy atom. The third kappa shape index (κ3) is 3.48. The molecule has 1 heterocycles. The van der Waals surface area contributed by atoms with E-state index in [1.54, 1.807) is 4.90 Å². The first-order valence-electron chi connectivity index (χ1n) is 6.68. The van der Waals surface area contributed by atoms with Crippen LogP contribution in [0.1, 0.15) is 11.1 Å². The molecule has 0 saturated carbocycles. The van der Waals surface area contributed by atoms with Crippen LogP contribution in [-0.2, 0) is 11.3 Å². The molecule has 0 atom stereocenters. The zero-order valence-corrected chi connectivity index (χ0v) is 14.7. The maximum Gasteiger partial charge on any atom is 0.266 e. The van der Waals surface area contributed by atoms with E-state index in [9.17, 15) is 4.79 Å². The number of nitrogens with zero attached hydrogens (tertiary/aromatic N) is 1. The van der Waals surface area contributed by atoms with Gasteiger partial charge in [0.15, 0.2) is 0 Å². The molecular formula is C17H12BrNOS2. The van der Waals surface area contributed by atoms with E-state index in [0.29, 0.717) is 15.8 Å². The van der Waals surface area contributed by atoms with Crippen LogP contribution in [0.2, 0.25) is 0 Å². The van der Waals surface area contributed by atoms with Crippen molar-refractivity contribution in [2.45, 2.75) is 6.54 Å². The number of rotatable bonds is 3. The van der Waals surface area contributed by atoms with Crippen molar-refractivity contribution < 1.29 is 4.79 Å². The van der Waals surface area contributed by atoms with Gasteiger partial charge in [0, 0.05) is 4.47 Å². The molecule has 0 aromatic heterocycles. The van der Waals surface area contributed by atoms with Crippen molar-refractivity contribution in [2.75, 3.05) is 0 Å². The molecule has 0 spiro atoms. The number of amides is 1. The summed E-state index contributed by atoms with van der Waals surface area (Å²) in [7, 11) is 0. The molecule has 2 nitrogen and oxygen atoms in total. The summed E-state index contributed by atoms with van der Waals surface area (Å²) in [6.45, 7) is 0.517. The van der Waals surface area contributed by atoms with Crippen LogP contribution in [-0.4, -0.2) is 15.1 Å². The summed E-state index contributed by atoms with van der Waals surface area (Å²) in [5.74, 6) is -0.0261. The van der Waals surface area contributed by atoms with Crippen molar-refractivity contribution in [2.24, 2.45) is 0 Å². The predicted octanol–water partition coefficient (Wildman–Crippen LogP) is 4.85. The minimum atomic E-state index is -0.0261. The Morgan fingerprint density at radius 2 is 1.77 bits per heavy atom. The van der Waals surface area contributed by atoms with Crippen molar-refractivity contribution in [3.63, 3.8) is 0 Å². The number of thiocarbonyl (C=S) groups is 1. The lowest BCUT2D eigenvalue weighted by molar-refractivity contribution is -0.122. The molecule has 0 bridgehead atoms. The predicted molar refractivity (Wildman–Crippen MR) is 99.3 cm³/mol. The Kier molecular flexibility index (Phi) is 4.76. The van der Waals surface area contributed by atoms with Gasteiger partial charge in [-0.2, -0.15) is 0 Å². The highest BCUT2D eigenvalue weighted by atomic mass is 79.9. The molecule has 5 heteroatoms. The van der Waals surface area contributed by atoms with Gasteiger partial charge in [-0.15, -0.1) is 0 Å². The molecule has 1 fully saturated rings. The van der Waals surface area contributed by atoms with Gasteiger partial charge < -0.3 is 0 Å². The van der Waals surface area contributed by atoms with E-state index in [4.69, 9.17) is 12.2 Å². The summed E-state index contributed by atoms with van der Waals surface area (Å²) in [5, 5.41) is 0. The van der Waals surface area contributed by atoms with Crippen LogP contribution in [0.3, 0.4) is 0 Å². The van der Waals surface area contributed by atoms with Gasteiger partial charge in [0.1, 0.15) is 4.32 Å². The number of thioether (sulfide) groups is 1. The van der Waals surface area contributed by atoms with E-state index in [2.05, 4.69) is 15.9 Å². The van der Waals surface area contributed by atoms with E-state index in [-0.39, 0.29) is 5.91 Å². The second-order valence-electron chi connectivity index (χ2n) is 4.81. The highest BCUT2D eigenvalue weighted by Crippen LogP contribution is 2.33. The molecule has 0 unspecified atom stereocenters. The summed E-state index contributed by atoms with van der Waals surface area (Å²) in [6, 6.07) is 17.7. The fourth-order valence-electron chi connectivity index (χ4n) is 2.11. The van der Waals surface area contributed by atoms with Crippen molar-refractivity contribution >= 4 is 56.2 Å². The van der Waals surface area contributed by atoms with E-state index < -0.39 is 0 Å². The number of hydrogen-bond acceptors (Lipinski definition) is 3. The first-order valence-corrected chi connectivity index (χ1v) is 8.70. The lowest BCUT2D eigenvalue weighted by atomic mass is 10.2. The molecule has 2 aromatic rings. The summed E-state index contributed by atoms with van der Waals surface area (Å²) >= 11 is 10.1. The maximum absolute atomic E-state index is 12.5. The van der Waals surface area contributed by atoms with E-state index in [1.165, 1.54) is 11.8 Å². The van der Waals surface area contributed by atoms with E-state index >= 15 is 0 Å². The van der Waals surface area contributed by atoms with E-state index in [0.717, 1.165) is 15.6 Å². The molecule has 0 aliphatic carbocycles. The molecule has 2 aromatic carbocycles. The number of benzene rings is 2. The lowest BCUT2D eigenvalue weighted by Crippen LogP contribution is -2.27. The number of hydrogen-bond donors (Lipinski definition) is 0. The van der Waals surface area contributed by atoms with Gasteiger partial charge in [0.05, 0.1) is 11.4 Å². The summed E-state index contributed by atoms with van der Waals surface area (Å²) < 4.78 is 1.62. The summed E-state index contributed by atoms with van der Waals surface area (Å²) in [4.78, 5) is 14.9. The first kappa shape index (κ1) is 15.5. The average molecular weight is 390 g/mol. The van der Waals surface area contributed by atoms with Crippen molar-refractivity contribution in [1.29, 1.82) is 0 Å². The molecule has 110 valence electrons. The highest BCUT2D eigenvalue weighted by Gasteiger charge is 2.31. The normalized spacial score (nSPS) is 16.6. The summed E-state index contributed by atoms with van der Waals surface area (Å²) in [5.41, 5.74) is 2.06.